The number of nitrogens with zero attached hydrogens (tertiary/aromatic N) is 2. The average Bonchev–Trinajstić information content (AvgIpc) is 3.28. The van der Waals surface area contributed by atoms with E-state index >= 15 is 0 Å². The van der Waals surface area contributed by atoms with Crippen molar-refractivity contribution in [3.8, 4) is 0 Å². The highest BCUT2D eigenvalue weighted by atomic mass is 32.2. The third-order valence-corrected chi connectivity index (χ3v) is 7.79. The number of rotatable bonds is 6. The fourth-order valence-electron chi connectivity index (χ4n) is 3.49. The summed E-state index contributed by atoms with van der Waals surface area (Å²) in [4.78, 5) is 33.3. The monoisotopic (exact) mass is 434 g/mol. The van der Waals surface area contributed by atoms with Gasteiger partial charge in [-0.1, -0.05) is 17.8 Å². The van der Waals surface area contributed by atoms with Crippen molar-refractivity contribution in [3.63, 3.8) is 0 Å². The van der Waals surface area contributed by atoms with Crippen LogP contribution in [0, 0.1) is 0 Å². The summed E-state index contributed by atoms with van der Waals surface area (Å²) >= 11 is 4.29. The fourth-order valence-corrected chi connectivity index (χ4v) is 6.44. The first-order valence-electron chi connectivity index (χ1n) is 9.30. The molecule has 5 nitrogen and oxygen atoms in total. The Morgan fingerprint density at radius 3 is 2.86 bits per heavy atom. The van der Waals surface area contributed by atoms with E-state index in [1.165, 1.54) is 28.0 Å². The lowest BCUT2D eigenvalue weighted by molar-refractivity contribution is 0.0574. The van der Waals surface area contributed by atoms with Crippen molar-refractivity contribution in [2.45, 2.75) is 56.8 Å². The van der Waals surface area contributed by atoms with E-state index in [0.717, 1.165) is 36.1 Å². The molecule has 1 aliphatic rings. The van der Waals surface area contributed by atoms with Crippen molar-refractivity contribution in [2.24, 2.45) is 0 Å². The Bertz CT molecular complexity index is 1070. The van der Waals surface area contributed by atoms with E-state index in [1.807, 2.05) is 11.4 Å². The predicted molar refractivity (Wildman–Crippen MR) is 116 cm³/mol. The zero-order valence-corrected chi connectivity index (χ0v) is 18.3. The van der Waals surface area contributed by atoms with E-state index in [1.54, 1.807) is 35.8 Å². The maximum absolute atomic E-state index is 13.4. The van der Waals surface area contributed by atoms with Gasteiger partial charge in [0.15, 0.2) is 10.9 Å². The van der Waals surface area contributed by atoms with Crippen molar-refractivity contribution in [2.75, 3.05) is 5.75 Å². The number of aliphatic hydroxyl groups is 1. The number of hydrogen-bond acceptors (Lipinski definition) is 7. The topological polar surface area (TPSA) is 72.2 Å². The van der Waals surface area contributed by atoms with Gasteiger partial charge in [0, 0.05) is 4.88 Å². The van der Waals surface area contributed by atoms with E-state index in [-0.39, 0.29) is 23.6 Å². The number of carbonyl (C=O) groups is 1. The first-order valence-corrected chi connectivity index (χ1v) is 12.0. The Morgan fingerprint density at radius 2 is 2.14 bits per heavy atom. The summed E-state index contributed by atoms with van der Waals surface area (Å²) in [6.45, 7) is 3.50. The molecule has 148 valence electrons. The third kappa shape index (κ3) is 3.96. The van der Waals surface area contributed by atoms with Crippen LogP contribution < -0.4 is 5.56 Å². The summed E-state index contributed by atoms with van der Waals surface area (Å²) in [7, 11) is 0. The predicted octanol–water partition coefficient (Wildman–Crippen LogP) is 4.14. The molecule has 0 aromatic carbocycles. The first kappa shape index (κ1) is 19.8. The smallest absolute Gasteiger partial charge is 0.263 e. The normalized spacial score (nSPS) is 14.4. The summed E-state index contributed by atoms with van der Waals surface area (Å²) in [6, 6.07) is 3.66. The molecule has 0 aliphatic heterocycles. The Kier molecular flexibility index (Phi) is 5.48. The lowest BCUT2D eigenvalue weighted by Crippen LogP contribution is -2.34. The van der Waals surface area contributed by atoms with Gasteiger partial charge in [-0.05, 0) is 56.5 Å². The largest absolute Gasteiger partial charge is 0.389 e. The van der Waals surface area contributed by atoms with Gasteiger partial charge < -0.3 is 5.11 Å². The highest BCUT2D eigenvalue weighted by Gasteiger charge is 2.25. The molecular weight excluding hydrogens is 412 g/mol. The minimum absolute atomic E-state index is 0.0228. The number of Topliss-reactive ketones (excluding diaryl/α,β-unsaturated/α-hetero) is 1. The molecule has 3 aromatic heterocycles. The molecule has 0 unspecified atom stereocenters. The molecule has 3 aromatic rings. The van der Waals surface area contributed by atoms with Crippen molar-refractivity contribution in [1.29, 1.82) is 0 Å². The van der Waals surface area contributed by atoms with Crippen molar-refractivity contribution in [1.82, 2.24) is 9.55 Å². The lowest BCUT2D eigenvalue weighted by Gasteiger charge is -2.21. The van der Waals surface area contributed by atoms with E-state index in [9.17, 15) is 14.7 Å². The van der Waals surface area contributed by atoms with Crippen LogP contribution in [0.15, 0.2) is 27.5 Å². The molecule has 0 bridgehead atoms. The first-order chi connectivity index (χ1) is 13.3. The second-order valence-corrected chi connectivity index (χ2v) is 10.7. The van der Waals surface area contributed by atoms with Gasteiger partial charge in [-0.2, -0.15) is 0 Å². The Morgan fingerprint density at radius 1 is 1.36 bits per heavy atom. The number of aryl methyl sites for hydroxylation is 2. The zero-order chi connectivity index (χ0) is 19.9. The van der Waals surface area contributed by atoms with Gasteiger partial charge in [-0.3, -0.25) is 14.2 Å². The van der Waals surface area contributed by atoms with Gasteiger partial charge in [0.25, 0.3) is 5.56 Å². The molecule has 0 saturated carbocycles. The second-order valence-electron chi connectivity index (χ2n) is 7.68. The van der Waals surface area contributed by atoms with Gasteiger partial charge in [0.1, 0.15) is 4.83 Å². The molecule has 0 atom stereocenters. The number of thiophene rings is 2. The zero-order valence-electron chi connectivity index (χ0n) is 15.9. The molecule has 1 N–H and O–H groups in total. The highest BCUT2D eigenvalue weighted by Crippen LogP contribution is 2.35. The van der Waals surface area contributed by atoms with Crippen LogP contribution in [0.5, 0.6) is 0 Å². The molecule has 28 heavy (non-hydrogen) atoms. The molecular formula is C20H22N2O3S3. The Hall–Kier alpha value is -1.48. The summed E-state index contributed by atoms with van der Waals surface area (Å²) in [5, 5.41) is 13.4. The van der Waals surface area contributed by atoms with Crippen LogP contribution in [0.3, 0.4) is 0 Å². The molecule has 0 fully saturated rings. The lowest BCUT2D eigenvalue weighted by atomic mass is 9.97. The molecule has 1 aliphatic carbocycles. The van der Waals surface area contributed by atoms with Crippen LogP contribution in [0.4, 0.5) is 0 Å². The molecule has 8 heteroatoms. The Labute approximate surface area is 175 Å². The third-order valence-electron chi connectivity index (χ3n) is 4.71. The highest BCUT2D eigenvalue weighted by molar-refractivity contribution is 7.99. The molecule has 0 saturated heterocycles. The van der Waals surface area contributed by atoms with Crippen molar-refractivity contribution >= 4 is 50.4 Å². The standard InChI is InChI=1S/C20H22N2O3S3/c1-20(2,25)11-22-18(24)16-12-6-3-4-7-14(12)28-17(16)21-19(22)27-10-13(23)15-8-5-9-26-15/h5,8-9,25H,3-4,6-7,10-11H2,1-2H3. The molecule has 4 rings (SSSR count). The van der Waals surface area contributed by atoms with Crippen LogP contribution in [0.25, 0.3) is 10.2 Å². The SMILES string of the molecule is CC(C)(O)Cn1c(SCC(=O)c2cccs2)nc2sc3c(c2c1=O)CCCC3. The molecule has 0 amide bonds. The Balaban J connectivity index is 1.76. The minimum atomic E-state index is -1.05. The minimum Gasteiger partial charge on any atom is -0.389 e. The van der Waals surface area contributed by atoms with Gasteiger partial charge in [-0.15, -0.1) is 22.7 Å². The van der Waals surface area contributed by atoms with Gasteiger partial charge in [0.2, 0.25) is 0 Å². The van der Waals surface area contributed by atoms with Crippen LogP contribution in [-0.4, -0.2) is 31.8 Å². The summed E-state index contributed by atoms with van der Waals surface area (Å²) < 4.78 is 1.55. The van der Waals surface area contributed by atoms with E-state index < -0.39 is 5.60 Å². The maximum Gasteiger partial charge on any atom is 0.263 e. The molecule has 0 radical (unpaired) electrons. The van der Waals surface area contributed by atoms with Gasteiger partial charge in [-0.25, -0.2) is 4.98 Å². The van der Waals surface area contributed by atoms with Gasteiger partial charge in [0.05, 0.1) is 28.2 Å². The van der Waals surface area contributed by atoms with Crippen LogP contribution in [-0.2, 0) is 19.4 Å². The van der Waals surface area contributed by atoms with E-state index in [2.05, 4.69) is 0 Å². The summed E-state index contributed by atoms with van der Waals surface area (Å²) in [5.41, 5.74) is -0.0143. The number of thioether (sulfide) groups is 1. The van der Waals surface area contributed by atoms with E-state index in [4.69, 9.17) is 4.98 Å². The van der Waals surface area contributed by atoms with Crippen molar-refractivity contribution in [3.05, 3.63) is 43.2 Å². The fraction of sp³-hybridized carbons (Fsp3) is 0.450. The average molecular weight is 435 g/mol. The van der Waals surface area contributed by atoms with Crippen LogP contribution >= 0.6 is 34.4 Å². The quantitative estimate of drug-likeness (QED) is 0.359. The molecule has 0 spiro atoms. The summed E-state index contributed by atoms with van der Waals surface area (Å²) in [6.07, 6.45) is 4.16. The number of hydrogen-bond donors (Lipinski definition) is 1. The number of carbonyl (C=O) groups excluding carboxylic acids is 1. The van der Waals surface area contributed by atoms with Crippen LogP contribution in [0.2, 0.25) is 0 Å². The van der Waals surface area contributed by atoms with Crippen LogP contribution in [0.1, 0.15) is 46.8 Å². The maximum atomic E-state index is 13.4. The molecule has 3 heterocycles. The number of fused-ring (bicyclic) bond motifs is 3. The summed E-state index contributed by atoms with van der Waals surface area (Å²) in [5.74, 6) is 0.240. The van der Waals surface area contributed by atoms with Crippen molar-refractivity contribution < 1.29 is 9.90 Å². The number of aromatic nitrogens is 2. The van der Waals surface area contributed by atoms with E-state index in [0.29, 0.717) is 15.4 Å². The second kappa shape index (κ2) is 7.74. The number of ketones is 1. The van der Waals surface area contributed by atoms with Gasteiger partial charge >= 0.3 is 0 Å².